The first-order chi connectivity index (χ1) is 8.75. The molecule has 18 heavy (non-hydrogen) atoms. The lowest BCUT2D eigenvalue weighted by molar-refractivity contribution is 0.473. The molecule has 1 aliphatic carbocycles. The van der Waals surface area contributed by atoms with Crippen LogP contribution in [0.5, 0.6) is 0 Å². The smallest absolute Gasteiger partial charge is 0.0315 e. The summed E-state index contributed by atoms with van der Waals surface area (Å²) in [6.45, 7) is 2.34. The number of benzene rings is 1. The Morgan fingerprint density at radius 1 is 1.28 bits per heavy atom. The molecule has 1 fully saturated rings. The van der Waals surface area contributed by atoms with Crippen molar-refractivity contribution in [3.05, 3.63) is 35.4 Å². The van der Waals surface area contributed by atoms with E-state index < -0.39 is 0 Å². The molecule has 0 aromatic heterocycles. The highest BCUT2D eigenvalue weighted by Crippen LogP contribution is 2.41. The molecule has 0 bridgehead atoms. The maximum atomic E-state index is 6.47. The Morgan fingerprint density at radius 2 is 2.06 bits per heavy atom. The van der Waals surface area contributed by atoms with Crippen LogP contribution in [0.2, 0.25) is 0 Å². The first-order valence-corrected chi connectivity index (χ1v) is 8.92. The Morgan fingerprint density at radius 3 is 2.83 bits per heavy atom. The highest BCUT2D eigenvalue weighted by molar-refractivity contribution is 8.07. The Balaban J connectivity index is 1.61. The SMILES string of the molecule is CC1SCCSC1C(N)CC1Cc2ccccc21. The maximum Gasteiger partial charge on any atom is 0.0315 e. The van der Waals surface area contributed by atoms with Crippen molar-refractivity contribution in [2.45, 2.75) is 42.2 Å². The minimum absolute atomic E-state index is 0.358. The minimum Gasteiger partial charge on any atom is -0.327 e. The van der Waals surface area contributed by atoms with Gasteiger partial charge >= 0.3 is 0 Å². The lowest BCUT2D eigenvalue weighted by Gasteiger charge is -2.37. The number of hydrogen-bond acceptors (Lipinski definition) is 3. The summed E-state index contributed by atoms with van der Waals surface area (Å²) in [6, 6.07) is 9.19. The molecule has 4 atom stereocenters. The predicted octanol–water partition coefficient (Wildman–Crippen LogP) is 3.28. The highest BCUT2D eigenvalue weighted by atomic mass is 32.2. The number of fused-ring (bicyclic) bond motifs is 1. The first-order valence-electron chi connectivity index (χ1n) is 6.82. The third kappa shape index (κ3) is 2.45. The summed E-state index contributed by atoms with van der Waals surface area (Å²) in [5.41, 5.74) is 9.56. The van der Waals surface area contributed by atoms with Crippen LogP contribution in [0.25, 0.3) is 0 Å². The van der Waals surface area contributed by atoms with Crippen molar-refractivity contribution >= 4 is 23.5 Å². The highest BCUT2D eigenvalue weighted by Gasteiger charge is 2.33. The average molecular weight is 279 g/mol. The number of hydrogen-bond donors (Lipinski definition) is 1. The molecule has 2 aliphatic rings. The van der Waals surface area contributed by atoms with Crippen LogP contribution >= 0.6 is 23.5 Å². The lowest BCUT2D eigenvalue weighted by atomic mass is 9.74. The van der Waals surface area contributed by atoms with E-state index in [9.17, 15) is 0 Å². The van der Waals surface area contributed by atoms with Crippen LogP contribution in [-0.4, -0.2) is 28.0 Å². The zero-order chi connectivity index (χ0) is 12.5. The zero-order valence-corrected chi connectivity index (χ0v) is 12.5. The topological polar surface area (TPSA) is 26.0 Å². The van der Waals surface area contributed by atoms with Crippen molar-refractivity contribution in [1.29, 1.82) is 0 Å². The van der Waals surface area contributed by atoms with E-state index in [4.69, 9.17) is 5.73 Å². The fraction of sp³-hybridized carbons (Fsp3) is 0.600. The molecule has 1 aliphatic heterocycles. The van der Waals surface area contributed by atoms with Gasteiger partial charge in [-0.05, 0) is 29.9 Å². The molecular formula is C15H21NS2. The van der Waals surface area contributed by atoms with Gasteiger partial charge in [-0.1, -0.05) is 31.2 Å². The van der Waals surface area contributed by atoms with Crippen LogP contribution < -0.4 is 5.73 Å². The summed E-state index contributed by atoms with van der Waals surface area (Å²) in [6.07, 6.45) is 2.41. The second-order valence-electron chi connectivity index (χ2n) is 5.41. The molecule has 1 nitrogen and oxygen atoms in total. The third-order valence-electron chi connectivity index (χ3n) is 4.18. The van der Waals surface area contributed by atoms with E-state index in [0.29, 0.717) is 16.5 Å². The van der Waals surface area contributed by atoms with Crippen molar-refractivity contribution in [3.63, 3.8) is 0 Å². The summed E-state index contributed by atoms with van der Waals surface area (Å²) in [5.74, 6) is 3.28. The van der Waals surface area contributed by atoms with Gasteiger partial charge in [-0.15, -0.1) is 0 Å². The van der Waals surface area contributed by atoms with E-state index in [0.717, 1.165) is 5.92 Å². The molecular weight excluding hydrogens is 258 g/mol. The number of nitrogens with two attached hydrogens (primary N) is 1. The Hall–Kier alpha value is -0.120. The van der Waals surface area contributed by atoms with Gasteiger partial charge in [-0.2, -0.15) is 23.5 Å². The van der Waals surface area contributed by atoms with Crippen molar-refractivity contribution in [3.8, 4) is 0 Å². The quantitative estimate of drug-likeness (QED) is 0.919. The van der Waals surface area contributed by atoms with E-state index in [1.807, 2.05) is 0 Å². The molecule has 0 saturated carbocycles. The number of rotatable bonds is 3. The Kier molecular flexibility index (Phi) is 3.92. The molecule has 2 N–H and O–H groups in total. The Labute approximate surface area is 118 Å². The van der Waals surface area contributed by atoms with Crippen LogP contribution in [0.1, 0.15) is 30.4 Å². The maximum absolute atomic E-state index is 6.47. The normalized spacial score (nSPS) is 32.4. The molecule has 98 valence electrons. The molecule has 0 amide bonds. The van der Waals surface area contributed by atoms with E-state index in [2.05, 4.69) is 54.7 Å². The van der Waals surface area contributed by atoms with E-state index in [1.54, 1.807) is 5.56 Å². The standard InChI is InChI=1S/C15H21NS2/c1-10-15(18-7-6-17-10)14(16)9-12-8-11-4-2-3-5-13(11)12/h2-5,10,12,14-15H,6-9,16H2,1H3. The van der Waals surface area contributed by atoms with Crippen molar-refractivity contribution in [1.82, 2.24) is 0 Å². The van der Waals surface area contributed by atoms with Crippen LogP contribution in [0.4, 0.5) is 0 Å². The molecule has 1 saturated heterocycles. The van der Waals surface area contributed by atoms with Crippen molar-refractivity contribution < 1.29 is 0 Å². The largest absolute Gasteiger partial charge is 0.327 e. The molecule has 1 aromatic rings. The first kappa shape index (κ1) is 12.9. The van der Waals surface area contributed by atoms with Gasteiger partial charge in [0.2, 0.25) is 0 Å². The Bertz CT molecular complexity index is 421. The lowest BCUT2D eigenvalue weighted by Crippen LogP contribution is -2.42. The summed E-state index contributed by atoms with van der Waals surface area (Å²) in [4.78, 5) is 0. The molecule has 4 unspecified atom stereocenters. The van der Waals surface area contributed by atoms with Gasteiger partial charge in [0.25, 0.3) is 0 Å². The second kappa shape index (κ2) is 5.48. The van der Waals surface area contributed by atoms with Gasteiger partial charge in [0.15, 0.2) is 0 Å². The monoisotopic (exact) mass is 279 g/mol. The fourth-order valence-electron chi connectivity index (χ4n) is 3.16. The predicted molar refractivity (Wildman–Crippen MR) is 83.6 cm³/mol. The minimum atomic E-state index is 0.358. The van der Waals surface area contributed by atoms with Gasteiger partial charge < -0.3 is 5.73 Å². The summed E-state index contributed by atoms with van der Waals surface area (Å²) in [7, 11) is 0. The average Bonchev–Trinajstić information content (AvgIpc) is 2.36. The van der Waals surface area contributed by atoms with Crippen LogP contribution in [0.15, 0.2) is 24.3 Å². The second-order valence-corrected chi connectivity index (χ2v) is 8.18. The molecule has 3 rings (SSSR count). The third-order valence-corrected chi connectivity index (χ3v) is 7.45. The molecule has 3 heteroatoms. The molecule has 1 aromatic carbocycles. The van der Waals surface area contributed by atoms with Gasteiger partial charge in [0.05, 0.1) is 0 Å². The van der Waals surface area contributed by atoms with E-state index in [1.165, 1.54) is 29.9 Å². The fourth-order valence-corrected chi connectivity index (χ4v) is 6.06. The van der Waals surface area contributed by atoms with Gasteiger partial charge in [0.1, 0.15) is 0 Å². The molecule has 1 heterocycles. The molecule has 0 radical (unpaired) electrons. The van der Waals surface area contributed by atoms with Gasteiger partial charge in [-0.25, -0.2) is 0 Å². The van der Waals surface area contributed by atoms with Gasteiger partial charge in [-0.3, -0.25) is 0 Å². The van der Waals surface area contributed by atoms with E-state index >= 15 is 0 Å². The van der Waals surface area contributed by atoms with E-state index in [-0.39, 0.29) is 0 Å². The summed E-state index contributed by atoms with van der Waals surface area (Å²) in [5, 5.41) is 1.37. The van der Waals surface area contributed by atoms with Crippen LogP contribution in [0.3, 0.4) is 0 Å². The summed E-state index contributed by atoms with van der Waals surface area (Å²) >= 11 is 4.18. The van der Waals surface area contributed by atoms with Crippen molar-refractivity contribution in [2.24, 2.45) is 5.73 Å². The van der Waals surface area contributed by atoms with Crippen molar-refractivity contribution in [2.75, 3.05) is 11.5 Å². The van der Waals surface area contributed by atoms with Crippen LogP contribution in [0, 0.1) is 0 Å². The van der Waals surface area contributed by atoms with Gasteiger partial charge in [0, 0.05) is 28.0 Å². The number of thioether (sulfide) groups is 2. The molecule has 0 spiro atoms. The zero-order valence-electron chi connectivity index (χ0n) is 10.8. The van der Waals surface area contributed by atoms with Crippen LogP contribution in [-0.2, 0) is 6.42 Å². The summed E-state index contributed by atoms with van der Waals surface area (Å²) < 4.78 is 0.